The number of furan rings is 1. The monoisotopic (exact) mass is 366 g/mol. The van der Waals surface area contributed by atoms with Crippen LogP contribution in [0.25, 0.3) is 11.3 Å². The number of aromatic nitrogens is 1. The normalized spacial score (nSPS) is 10.6. The Hall–Kier alpha value is -3.12. The molecule has 3 rings (SSSR count). The zero-order valence-electron chi connectivity index (χ0n) is 15.2. The minimum absolute atomic E-state index is 0.0232. The van der Waals surface area contributed by atoms with E-state index < -0.39 is 0 Å². The van der Waals surface area contributed by atoms with Crippen molar-refractivity contribution in [1.82, 2.24) is 9.88 Å². The van der Waals surface area contributed by atoms with E-state index in [0.29, 0.717) is 25.3 Å². The van der Waals surface area contributed by atoms with Crippen LogP contribution in [0.5, 0.6) is 5.75 Å². The van der Waals surface area contributed by atoms with E-state index >= 15 is 0 Å². The van der Waals surface area contributed by atoms with Crippen LogP contribution in [0, 0.1) is 0 Å². The first-order valence-electron chi connectivity index (χ1n) is 8.74. The van der Waals surface area contributed by atoms with Crippen LogP contribution in [-0.4, -0.2) is 41.2 Å². The van der Waals surface area contributed by atoms with Crippen LogP contribution in [0.4, 0.5) is 0 Å². The largest absolute Gasteiger partial charge is 0.497 e. The Labute approximate surface area is 158 Å². The Bertz CT molecular complexity index is 859. The summed E-state index contributed by atoms with van der Waals surface area (Å²) in [4.78, 5) is 18.6. The van der Waals surface area contributed by atoms with Crippen LogP contribution in [0.2, 0.25) is 0 Å². The fourth-order valence-electron chi connectivity index (χ4n) is 2.74. The number of aliphatic hydroxyl groups excluding tert-OH is 1. The van der Waals surface area contributed by atoms with Gasteiger partial charge in [0.2, 0.25) is 0 Å². The number of hydrogen-bond donors (Lipinski definition) is 1. The molecule has 3 aromatic rings. The molecule has 140 valence electrons. The van der Waals surface area contributed by atoms with Crippen LogP contribution in [0.3, 0.4) is 0 Å². The second-order valence-corrected chi connectivity index (χ2v) is 6.05. The van der Waals surface area contributed by atoms with E-state index in [1.807, 2.05) is 36.4 Å². The highest BCUT2D eigenvalue weighted by Crippen LogP contribution is 2.25. The first-order valence-corrected chi connectivity index (χ1v) is 8.74. The molecule has 0 radical (unpaired) electrons. The summed E-state index contributed by atoms with van der Waals surface area (Å²) >= 11 is 0. The first kappa shape index (κ1) is 18.7. The maximum atomic E-state index is 12.9. The topological polar surface area (TPSA) is 75.8 Å². The Kier molecular flexibility index (Phi) is 6.22. The van der Waals surface area contributed by atoms with Crippen molar-refractivity contribution in [3.8, 4) is 17.1 Å². The van der Waals surface area contributed by atoms with Gasteiger partial charge in [-0.2, -0.15) is 0 Å². The molecule has 27 heavy (non-hydrogen) atoms. The van der Waals surface area contributed by atoms with Crippen molar-refractivity contribution in [2.75, 3.05) is 20.3 Å². The van der Waals surface area contributed by atoms with Crippen molar-refractivity contribution in [3.05, 3.63) is 72.2 Å². The van der Waals surface area contributed by atoms with Crippen LogP contribution in [0.1, 0.15) is 22.5 Å². The number of carbonyl (C=O) groups is 1. The van der Waals surface area contributed by atoms with Crippen molar-refractivity contribution < 1.29 is 19.1 Å². The fraction of sp³-hybridized carbons (Fsp3) is 0.238. The zero-order chi connectivity index (χ0) is 19.1. The number of pyridine rings is 1. The molecule has 6 heteroatoms. The molecule has 1 aromatic carbocycles. The number of benzene rings is 1. The Balaban J connectivity index is 1.77. The number of aliphatic hydroxyl groups is 1. The van der Waals surface area contributed by atoms with Crippen LogP contribution in [-0.2, 0) is 6.54 Å². The van der Waals surface area contributed by atoms with Gasteiger partial charge in [-0.25, -0.2) is 0 Å². The molecule has 0 aliphatic carbocycles. The molecule has 0 aliphatic rings. The van der Waals surface area contributed by atoms with E-state index in [1.54, 1.807) is 36.5 Å². The summed E-state index contributed by atoms with van der Waals surface area (Å²) in [5.41, 5.74) is 1.84. The molecule has 0 aliphatic heterocycles. The van der Waals surface area contributed by atoms with Crippen molar-refractivity contribution in [2.45, 2.75) is 13.0 Å². The molecule has 0 fully saturated rings. The quantitative estimate of drug-likeness (QED) is 0.661. The van der Waals surface area contributed by atoms with Crippen LogP contribution >= 0.6 is 0 Å². The summed E-state index contributed by atoms with van der Waals surface area (Å²) in [6, 6.07) is 14.6. The van der Waals surface area contributed by atoms with Gasteiger partial charge in [0.05, 0.1) is 7.11 Å². The highest BCUT2D eigenvalue weighted by atomic mass is 16.5. The molecule has 0 unspecified atom stereocenters. The number of amides is 1. The highest BCUT2D eigenvalue weighted by molar-refractivity contribution is 5.92. The molecular weight excluding hydrogens is 344 g/mol. The summed E-state index contributed by atoms with van der Waals surface area (Å²) in [7, 11) is 1.61. The number of carbonyl (C=O) groups excluding carboxylic acids is 1. The van der Waals surface area contributed by atoms with Gasteiger partial charge in [0.1, 0.15) is 11.5 Å². The second kappa shape index (κ2) is 9.00. The minimum atomic E-state index is -0.208. The summed E-state index contributed by atoms with van der Waals surface area (Å²) in [6.45, 7) is 0.894. The van der Waals surface area contributed by atoms with Crippen LogP contribution in [0.15, 0.2) is 65.3 Å². The average molecular weight is 366 g/mol. The van der Waals surface area contributed by atoms with Gasteiger partial charge in [0.25, 0.3) is 5.91 Å². The first-order chi connectivity index (χ1) is 13.2. The van der Waals surface area contributed by atoms with Gasteiger partial charge in [-0.1, -0.05) is 0 Å². The van der Waals surface area contributed by atoms with Crippen LogP contribution < -0.4 is 4.74 Å². The van der Waals surface area contributed by atoms with Crippen molar-refractivity contribution >= 4 is 5.91 Å². The lowest BCUT2D eigenvalue weighted by Gasteiger charge is -2.21. The minimum Gasteiger partial charge on any atom is -0.497 e. The predicted octanol–water partition coefficient (Wildman–Crippen LogP) is 3.38. The van der Waals surface area contributed by atoms with E-state index in [2.05, 4.69) is 4.98 Å². The Morgan fingerprint density at radius 2 is 1.85 bits per heavy atom. The van der Waals surface area contributed by atoms with Gasteiger partial charge in [0, 0.05) is 37.7 Å². The summed E-state index contributed by atoms with van der Waals surface area (Å²) in [5, 5.41) is 9.15. The average Bonchev–Trinajstić information content (AvgIpc) is 3.21. The molecule has 1 amide bonds. The molecule has 2 aromatic heterocycles. The van der Waals surface area contributed by atoms with E-state index in [4.69, 9.17) is 14.3 Å². The molecule has 0 atom stereocenters. The molecule has 2 heterocycles. The summed E-state index contributed by atoms with van der Waals surface area (Å²) in [6.07, 6.45) is 3.89. The lowest BCUT2D eigenvalue weighted by Crippen LogP contribution is -2.31. The predicted molar refractivity (Wildman–Crippen MR) is 101 cm³/mol. The second-order valence-electron chi connectivity index (χ2n) is 6.05. The molecular formula is C21H22N2O4. The Morgan fingerprint density at radius 1 is 1.11 bits per heavy atom. The summed E-state index contributed by atoms with van der Waals surface area (Å²) < 4.78 is 11.0. The third-order valence-corrected chi connectivity index (χ3v) is 4.19. The molecule has 1 N–H and O–H groups in total. The molecule has 6 nitrogen and oxygen atoms in total. The maximum absolute atomic E-state index is 12.9. The number of nitrogens with zero attached hydrogens (tertiary/aromatic N) is 2. The van der Waals surface area contributed by atoms with Gasteiger partial charge in [-0.05, 0) is 60.5 Å². The molecule has 0 bridgehead atoms. The van der Waals surface area contributed by atoms with Gasteiger partial charge in [0.15, 0.2) is 5.76 Å². The third-order valence-electron chi connectivity index (χ3n) is 4.19. The number of ether oxygens (including phenoxy) is 1. The van der Waals surface area contributed by atoms with Gasteiger partial charge in [-0.3, -0.25) is 9.78 Å². The lowest BCUT2D eigenvalue weighted by atomic mass is 10.2. The van der Waals surface area contributed by atoms with E-state index in [9.17, 15) is 4.79 Å². The van der Waals surface area contributed by atoms with Gasteiger partial charge < -0.3 is 19.2 Å². The number of hydrogen-bond acceptors (Lipinski definition) is 5. The van der Waals surface area contributed by atoms with Gasteiger partial charge in [-0.15, -0.1) is 0 Å². The number of methoxy groups -OCH3 is 1. The molecule has 0 saturated heterocycles. The van der Waals surface area contributed by atoms with Crippen molar-refractivity contribution in [2.24, 2.45) is 0 Å². The molecule has 0 saturated carbocycles. The zero-order valence-corrected chi connectivity index (χ0v) is 15.2. The van der Waals surface area contributed by atoms with Crippen molar-refractivity contribution in [3.63, 3.8) is 0 Å². The smallest absolute Gasteiger partial charge is 0.289 e. The van der Waals surface area contributed by atoms with Gasteiger partial charge >= 0.3 is 0 Å². The SMILES string of the molecule is COc1ccc(-c2ccc(C(=O)N(CCCO)Cc3ccncc3)o2)cc1. The lowest BCUT2D eigenvalue weighted by molar-refractivity contribution is 0.0700. The standard InChI is InChI=1S/C21H22N2O4/c1-26-18-5-3-17(4-6-18)19-7-8-20(27-19)21(25)23(13-2-14-24)15-16-9-11-22-12-10-16/h3-12,24H,2,13-15H2,1H3. The van der Waals surface area contributed by atoms with E-state index in [-0.39, 0.29) is 18.3 Å². The third kappa shape index (κ3) is 4.74. The Morgan fingerprint density at radius 3 is 2.52 bits per heavy atom. The van der Waals surface area contributed by atoms with E-state index in [0.717, 1.165) is 16.9 Å². The fourth-order valence-corrected chi connectivity index (χ4v) is 2.74. The highest BCUT2D eigenvalue weighted by Gasteiger charge is 2.20. The number of rotatable bonds is 8. The molecule has 0 spiro atoms. The summed E-state index contributed by atoms with van der Waals surface area (Å²) in [5.74, 6) is 1.44. The van der Waals surface area contributed by atoms with Crippen molar-refractivity contribution in [1.29, 1.82) is 0 Å². The maximum Gasteiger partial charge on any atom is 0.289 e. The van der Waals surface area contributed by atoms with E-state index in [1.165, 1.54) is 0 Å².